The van der Waals surface area contributed by atoms with Gasteiger partial charge in [0, 0.05) is 65.4 Å². The highest BCUT2D eigenvalue weighted by Crippen LogP contribution is 2.47. The molecule has 6 heterocycles. The van der Waals surface area contributed by atoms with Gasteiger partial charge in [-0.25, -0.2) is 13.8 Å². The summed E-state index contributed by atoms with van der Waals surface area (Å²) in [5, 5.41) is 13.3. The van der Waals surface area contributed by atoms with Gasteiger partial charge >= 0.3 is 0 Å². The number of nitrogens with zero attached hydrogens (tertiary/aromatic N) is 6. The maximum atomic E-state index is 16.0. The van der Waals surface area contributed by atoms with Crippen molar-refractivity contribution in [2.24, 2.45) is 7.05 Å². The molecule has 0 amide bonds. The fourth-order valence-electron chi connectivity index (χ4n) is 6.20. The van der Waals surface area contributed by atoms with Gasteiger partial charge < -0.3 is 9.47 Å². The van der Waals surface area contributed by atoms with Crippen molar-refractivity contribution in [2.45, 2.75) is 25.6 Å². The fourth-order valence-corrected chi connectivity index (χ4v) is 7.15. The molecule has 1 atom stereocenters. The Labute approximate surface area is 250 Å². The lowest BCUT2D eigenvalue weighted by Gasteiger charge is -2.32. The summed E-state index contributed by atoms with van der Waals surface area (Å²) >= 11 is 1.49. The number of hydrogen-bond acceptors (Lipinski definition) is 7. The molecule has 6 aromatic rings. The number of aryl methyl sites for hydroxylation is 1. The lowest BCUT2D eigenvalue weighted by Crippen LogP contribution is -2.43. The summed E-state index contributed by atoms with van der Waals surface area (Å²) in [6, 6.07) is 12.5. The summed E-state index contributed by atoms with van der Waals surface area (Å²) in [5.41, 5.74) is 5.62. The van der Waals surface area contributed by atoms with E-state index in [0.29, 0.717) is 49.7 Å². The molecule has 0 spiro atoms. The van der Waals surface area contributed by atoms with Gasteiger partial charge in [0.2, 0.25) is 0 Å². The number of ether oxygens (including phenoxy) is 2. The van der Waals surface area contributed by atoms with Gasteiger partial charge in [-0.1, -0.05) is 6.07 Å². The van der Waals surface area contributed by atoms with Crippen LogP contribution in [0.25, 0.3) is 54.8 Å². The first-order chi connectivity index (χ1) is 20.9. The van der Waals surface area contributed by atoms with Gasteiger partial charge in [0.25, 0.3) is 0 Å². The molecule has 2 aliphatic rings. The first-order valence-electron chi connectivity index (χ1n) is 14.3. The summed E-state index contributed by atoms with van der Waals surface area (Å²) in [7, 11) is 4.00. The minimum Gasteiger partial charge on any atom is -0.493 e. The normalized spacial score (nSPS) is 17.4. The number of aromatic nitrogens is 5. The molecule has 11 heteroatoms. The molecule has 0 saturated heterocycles. The molecule has 218 valence electrons. The fraction of sp³-hybridized carbons (Fsp3) is 0.281. The predicted octanol–water partition coefficient (Wildman–Crippen LogP) is 6.27. The van der Waals surface area contributed by atoms with Crippen molar-refractivity contribution in [1.82, 2.24) is 29.4 Å². The zero-order chi connectivity index (χ0) is 29.2. The van der Waals surface area contributed by atoms with Crippen LogP contribution in [0.15, 0.2) is 54.0 Å². The molecule has 2 aliphatic heterocycles. The molecular formula is C32H28F2N6O2S. The number of thiophene rings is 1. The largest absolute Gasteiger partial charge is 0.493 e. The average Bonchev–Trinajstić information content (AvgIpc) is 3.72. The molecule has 4 aromatic heterocycles. The molecule has 0 N–H and O–H groups in total. The van der Waals surface area contributed by atoms with Gasteiger partial charge in [0.15, 0.2) is 0 Å². The summed E-state index contributed by atoms with van der Waals surface area (Å²) in [6.07, 6.45) is 2.42. The van der Waals surface area contributed by atoms with Gasteiger partial charge in [0.1, 0.15) is 28.8 Å². The highest BCUT2D eigenvalue weighted by molar-refractivity contribution is 7.18. The van der Waals surface area contributed by atoms with Crippen molar-refractivity contribution >= 4 is 32.3 Å². The van der Waals surface area contributed by atoms with E-state index in [0.717, 1.165) is 44.0 Å². The van der Waals surface area contributed by atoms with Crippen LogP contribution in [0.5, 0.6) is 5.75 Å². The lowest BCUT2D eigenvalue weighted by molar-refractivity contribution is 0.0414. The summed E-state index contributed by atoms with van der Waals surface area (Å²) in [4.78, 5) is 7.52. The maximum absolute atomic E-state index is 16.0. The Balaban J connectivity index is 1.43. The van der Waals surface area contributed by atoms with Crippen molar-refractivity contribution in [3.63, 3.8) is 0 Å². The van der Waals surface area contributed by atoms with E-state index < -0.39 is 11.6 Å². The van der Waals surface area contributed by atoms with Crippen molar-refractivity contribution in [3.8, 4) is 39.5 Å². The van der Waals surface area contributed by atoms with Gasteiger partial charge in [0.05, 0.1) is 54.5 Å². The van der Waals surface area contributed by atoms with E-state index in [4.69, 9.17) is 19.6 Å². The van der Waals surface area contributed by atoms with Crippen LogP contribution in [0.1, 0.15) is 12.1 Å². The number of halogens is 2. The number of hydrogen-bond donors (Lipinski definition) is 0. The predicted molar refractivity (Wildman–Crippen MR) is 162 cm³/mol. The van der Waals surface area contributed by atoms with Gasteiger partial charge in [-0.2, -0.15) is 10.2 Å². The second kappa shape index (κ2) is 10.2. The minimum absolute atomic E-state index is 0.138. The molecule has 3 bridgehead atoms. The van der Waals surface area contributed by atoms with Gasteiger partial charge in [-0.3, -0.25) is 14.3 Å². The molecule has 1 unspecified atom stereocenters. The highest BCUT2D eigenvalue weighted by atomic mass is 32.1. The Hall–Kier alpha value is -4.19. The van der Waals surface area contributed by atoms with Crippen LogP contribution in [-0.2, 0) is 24.9 Å². The Morgan fingerprint density at radius 3 is 2.81 bits per heavy atom. The number of rotatable bonds is 1. The quantitative estimate of drug-likeness (QED) is 0.222. The summed E-state index contributed by atoms with van der Waals surface area (Å²) < 4.78 is 47.3. The Bertz CT molecular complexity index is 2030. The second-order valence-electron chi connectivity index (χ2n) is 11.2. The van der Waals surface area contributed by atoms with Crippen LogP contribution in [0, 0.1) is 11.6 Å². The lowest BCUT2D eigenvalue weighted by atomic mass is 9.96. The smallest absolute Gasteiger partial charge is 0.137 e. The minimum atomic E-state index is -0.707. The van der Waals surface area contributed by atoms with E-state index in [1.165, 1.54) is 17.4 Å². The van der Waals surface area contributed by atoms with Crippen LogP contribution >= 0.6 is 11.3 Å². The van der Waals surface area contributed by atoms with Crippen molar-refractivity contribution in [3.05, 3.63) is 71.4 Å². The average molecular weight is 599 g/mol. The molecular weight excluding hydrogens is 570 g/mol. The third kappa shape index (κ3) is 4.41. The molecule has 0 aliphatic carbocycles. The zero-order valence-electron chi connectivity index (χ0n) is 23.7. The first kappa shape index (κ1) is 26.4. The van der Waals surface area contributed by atoms with Gasteiger partial charge in [-0.15, -0.1) is 11.3 Å². The summed E-state index contributed by atoms with van der Waals surface area (Å²) in [5.74, 6) is -1.27. The Morgan fingerprint density at radius 2 is 1.91 bits per heavy atom. The van der Waals surface area contributed by atoms with E-state index in [-0.39, 0.29) is 24.0 Å². The van der Waals surface area contributed by atoms with Crippen LogP contribution in [0.3, 0.4) is 0 Å². The maximum Gasteiger partial charge on any atom is 0.137 e. The van der Waals surface area contributed by atoms with Crippen molar-refractivity contribution < 1.29 is 18.3 Å². The van der Waals surface area contributed by atoms with Crippen molar-refractivity contribution in [2.75, 3.05) is 26.9 Å². The number of likely N-dealkylation sites (N-methyl/N-ethyl adjacent to an activating group) is 1. The van der Waals surface area contributed by atoms with Crippen LogP contribution in [0.4, 0.5) is 8.78 Å². The van der Waals surface area contributed by atoms with E-state index in [2.05, 4.69) is 23.1 Å². The summed E-state index contributed by atoms with van der Waals surface area (Å²) in [6.45, 7) is 2.65. The van der Waals surface area contributed by atoms with Crippen LogP contribution in [-0.4, -0.2) is 62.4 Å². The SMILES string of the molecule is CN1Cc2cc3nn2CC1COCCCOc1cc(F)cc(F)c1-c1c-3nc(-c2ccc3c(cnn3C)c2)c2ccsc12. The molecule has 43 heavy (non-hydrogen) atoms. The van der Waals surface area contributed by atoms with E-state index in [1.807, 2.05) is 52.3 Å². The van der Waals surface area contributed by atoms with E-state index in [1.54, 1.807) is 0 Å². The molecule has 0 radical (unpaired) electrons. The zero-order valence-corrected chi connectivity index (χ0v) is 24.5. The highest BCUT2D eigenvalue weighted by Gasteiger charge is 2.30. The molecule has 8 nitrogen and oxygen atoms in total. The standard InChI is InChI=1S/C32H28F2N6O2S/c1-38-15-21-13-25-31-29(32-23(6-9-43-32)30(36-31)18-4-5-26-19(10-18)14-35-39(26)2)28-24(34)11-20(33)12-27(28)42-8-3-7-41-17-22(38)16-40(21)37-25/h4-6,9-14,22H,3,7-8,15-17H2,1-2H3. The van der Waals surface area contributed by atoms with Crippen LogP contribution in [0.2, 0.25) is 0 Å². The van der Waals surface area contributed by atoms with Crippen LogP contribution < -0.4 is 4.74 Å². The molecule has 0 fully saturated rings. The third-order valence-electron chi connectivity index (χ3n) is 8.42. The number of pyridine rings is 1. The van der Waals surface area contributed by atoms with Gasteiger partial charge in [-0.05, 0) is 36.7 Å². The van der Waals surface area contributed by atoms with E-state index in [9.17, 15) is 4.39 Å². The van der Waals surface area contributed by atoms with E-state index >= 15 is 4.39 Å². The Kier molecular flexibility index (Phi) is 6.28. The monoisotopic (exact) mass is 598 g/mol. The molecule has 8 rings (SSSR count). The Morgan fingerprint density at radius 1 is 1.00 bits per heavy atom. The topological polar surface area (TPSA) is 70.2 Å². The first-order valence-corrected chi connectivity index (χ1v) is 15.1. The number of fused-ring (bicyclic) bond motifs is 9. The van der Waals surface area contributed by atoms with Crippen molar-refractivity contribution in [1.29, 1.82) is 0 Å². The third-order valence-corrected chi connectivity index (χ3v) is 9.35. The second-order valence-corrected chi connectivity index (χ2v) is 12.1. The molecule has 2 aromatic carbocycles. The number of benzene rings is 2. The molecule has 0 saturated carbocycles.